The minimum absolute atomic E-state index is 0.0916. The Labute approximate surface area is 144 Å². The van der Waals surface area contributed by atoms with E-state index in [2.05, 4.69) is 26.8 Å². The van der Waals surface area contributed by atoms with Crippen LogP contribution >= 0.6 is 0 Å². The Hall–Kier alpha value is -2.93. The number of morpholine rings is 1. The van der Waals surface area contributed by atoms with Crippen LogP contribution in [0.3, 0.4) is 0 Å². The summed E-state index contributed by atoms with van der Waals surface area (Å²) in [4.78, 5) is 18.5. The molecule has 1 saturated heterocycles. The van der Waals surface area contributed by atoms with Gasteiger partial charge in [-0.1, -0.05) is 23.4 Å². The van der Waals surface area contributed by atoms with E-state index in [0.717, 1.165) is 16.5 Å². The van der Waals surface area contributed by atoms with Gasteiger partial charge in [0.25, 0.3) is 0 Å². The molecule has 0 saturated carbocycles. The van der Waals surface area contributed by atoms with Gasteiger partial charge in [0.15, 0.2) is 5.82 Å². The number of benzene rings is 1. The van der Waals surface area contributed by atoms with Crippen molar-refractivity contribution in [3.63, 3.8) is 0 Å². The van der Waals surface area contributed by atoms with E-state index >= 15 is 0 Å². The Morgan fingerprint density at radius 3 is 3.08 bits per heavy atom. The number of rotatable bonds is 3. The number of para-hydroxylation sites is 1. The van der Waals surface area contributed by atoms with Gasteiger partial charge in [0, 0.05) is 42.3 Å². The molecule has 0 bridgehead atoms. The highest BCUT2D eigenvalue weighted by Crippen LogP contribution is 2.24. The van der Waals surface area contributed by atoms with E-state index in [1.807, 2.05) is 31.5 Å². The van der Waals surface area contributed by atoms with Crippen LogP contribution in [0.5, 0.6) is 0 Å². The maximum atomic E-state index is 12.7. The predicted molar refractivity (Wildman–Crippen MR) is 91.5 cm³/mol. The molecule has 2 aromatic heterocycles. The molecule has 0 radical (unpaired) electrons. The summed E-state index contributed by atoms with van der Waals surface area (Å²) in [6, 6.07) is 7.79. The van der Waals surface area contributed by atoms with Crippen molar-refractivity contribution < 1.29 is 14.1 Å². The molecule has 3 aromatic rings. The quantitative estimate of drug-likeness (QED) is 0.684. The van der Waals surface area contributed by atoms with Crippen LogP contribution in [0.25, 0.3) is 17.0 Å². The van der Waals surface area contributed by atoms with Crippen molar-refractivity contribution >= 4 is 22.9 Å². The zero-order chi connectivity index (χ0) is 17.2. The lowest BCUT2D eigenvalue weighted by Gasteiger charge is -2.32. The van der Waals surface area contributed by atoms with E-state index in [4.69, 9.17) is 9.26 Å². The fourth-order valence-corrected chi connectivity index (χ4v) is 3.17. The third-order valence-corrected chi connectivity index (χ3v) is 4.42. The van der Waals surface area contributed by atoms with Crippen molar-refractivity contribution in [2.24, 2.45) is 7.05 Å². The van der Waals surface area contributed by atoms with Gasteiger partial charge in [-0.05, 0) is 12.1 Å². The highest BCUT2D eigenvalue weighted by atomic mass is 16.5. The number of nitrogens with zero attached hydrogens (tertiary/aromatic N) is 4. The zero-order valence-corrected chi connectivity index (χ0v) is 13.8. The minimum atomic E-state index is -0.322. The van der Waals surface area contributed by atoms with Crippen molar-refractivity contribution in [3.05, 3.63) is 54.3 Å². The molecule has 4 rings (SSSR count). The molecule has 25 heavy (non-hydrogen) atoms. The standard InChI is InChI=1S/C18H18N4O3/c1-21-10-13(14-4-2-3-5-15(14)21)6-7-17(23)22-8-9-24-11-16(22)18-19-12-25-20-18/h2-7,10,12,16H,8-9,11H2,1H3. The van der Waals surface area contributed by atoms with Gasteiger partial charge in [0.05, 0.1) is 13.2 Å². The largest absolute Gasteiger partial charge is 0.377 e. The van der Waals surface area contributed by atoms with E-state index in [0.29, 0.717) is 25.6 Å². The molecule has 1 aliphatic heterocycles. The summed E-state index contributed by atoms with van der Waals surface area (Å²) in [5, 5.41) is 4.96. The Balaban J connectivity index is 1.58. The van der Waals surface area contributed by atoms with Crippen molar-refractivity contribution in [1.82, 2.24) is 19.6 Å². The lowest BCUT2D eigenvalue weighted by Crippen LogP contribution is -2.43. The second kappa shape index (κ2) is 6.52. The fourth-order valence-electron chi connectivity index (χ4n) is 3.17. The topological polar surface area (TPSA) is 73.4 Å². The first-order valence-electron chi connectivity index (χ1n) is 8.11. The molecule has 3 heterocycles. The Kier molecular flexibility index (Phi) is 4.07. The van der Waals surface area contributed by atoms with Gasteiger partial charge in [-0.2, -0.15) is 4.98 Å². The summed E-state index contributed by atoms with van der Waals surface area (Å²) >= 11 is 0. The Bertz CT molecular complexity index is 914. The van der Waals surface area contributed by atoms with E-state index in [1.54, 1.807) is 11.0 Å². The molecule has 1 aromatic carbocycles. The van der Waals surface area contributed by atoms with Crippen LogP contribution in [0.1, 0.15) is 17.4 Å². The first kappa shape index (κ1) is 15.6. The molecule has 0 spiro atoms. The number of aromatic nitrogens is 3. The van der Waals surface area contributed by atoms with Crippen LogP contribution in [0, 0.1) is 0 Å². The summed E-state index contributed by atoms with van der Waals surface area (Å²) in [6.45, 7) is 1.37. The first-order chi connectivity index (χ1) is 12.2. The monoisotopic (exact) mass is 338 g/mol. The maximum Gasteiger partial charge on any atom is 0.247 e. The van der Waals surface area contributed by atoms with Crippen LogP contribution in [-0.4, -0.2) is 45.3 Å². The van der Waals surface area contributed by atoms with E-state index < -0.39 is 0 Å². The maximum absolute atomic E-state index is 12.7. The number of aryl methyl sites for hydroxylation is 1. The average molecular weight is 338 g/mol. The average Bonchev–Trinajstić information content (AvgIpc) is 3.29. The molecule has 1 atom stereocenters. The predicted octanol–water partition coefficient (Wildman–Crippen LogP) is 2.17. The molecule has 1 aliphatic rings. The molecule has 7 heteroatoms. The van der Waals surface area contributed by atoms with Gasteiger partial charge in [-0.15, -0.1) is 0 Å². The molecular weight excluding hydrogens is 320 g/mol. The highest BCUT2D eigenvalue weighted by Gasteiger charge is 2.30. The number of fused-ring (bicyclic) bond motifs is 1. The number of hydrogen-bond acceptors (Lipinski definition) is 5. The summed E-state index contributed by atoms with van der Waals surface area (Å²) in [7, 11) is 2.00. The van der Waals surface area contributed by atoms with E-state index in [-0.39, 0.29) is 11.9 Å². The third-order valence-electron chi connectivity index (χ3n) is 4.42. The van der Waals surface area contributed by atoms with Crippen LogP contribution < -0.4 is 0 Å². The van der Waals surface area contributed by atoms with Crippen molar-refractivity contribution in [2.45, 2.75) is 6.04 Å². The van der Waals surface area contributed by atoms with Crippen molar-refractivity contribution in [3.8, 4) is 0 Å². The highest BCUT2D eigenvalue weighted by molar-refractivity contribution is 5.96. The van der Waals surface area contributed by atoms with Crippen molar-refractivity contribution in [1.29, 1.82) is 0 Å². The van der Waals surface area contributed by atoms with Crippen LogP contribution in [0.2, 0.25) is 0 Å². The van der Waals surface area contributed by atoms with Gasteiger partial charge < -0.3 is 18.7 Å². The molecule has 1 unspecified atom stereocenters. The van der Waals surface area contributed by atoms with Crippen LogP contribution in [0.15, 0.2) is 47.5 Å². The zero-order valence-electron chi connectivity index (χ0n) is 13.8. The summed E-state index contributed by atoms with van der Waals surface area (Å²) in [6.07, 6.45) is 6.73. The molecule has 1 fully saturated rings. The number of ether oxygens (including phenoxy) is 1. The summed E-state index contributed by atoms with van der Waals surface area (Å²) in [5.41, 5.74) is 2.14. The van der Waals surface area contributed by atoms with Crippen molar-refractivity contribution in [2.75, 3.05) is 19.8 Å². The Morgan fingerprint density at radius 1 is 1.36 bits per heavy atom. The van der Waals surface area contributed by atoms with E-state index in [1.165, 1.54) is 6.39 Å². The molecule has 128 valence electrons. The molecule has 1 amide bonds. The first-order valence-corrected chi connectivity index (χ1v) is 8.11. The molecule has 0 aliphatic carbocycles. The van der Waals surface area contributed by atoms with E-state index in [9.17, 15) is 4.79 Å². The van der Waals surface area contributed by atoms with Crippen LogP contribution in [-0.2, 0) is 16.6 Å². The number of amides is 1. The van der Waals surface area contributed by atoms with Gasteiger partial charge in [-0.25, -0.2) is 0 Å². The third kappa shape index (κ3) is 2.94. The number of hydrogen-bond donors (Lipinski definition) is 0. The van der Waals surface area contributed by atoms with Gasteiger partial charge in [-0.3, -0.25) is 4.79 Å². The minimum Gasteiger partial charge on any atom is -0.377 e. The van der Waals surface area contributed by atoms with Crippen LogP contribution in [0.4, 0.5) is 0 Å². The number of carbonyl (C=O) groups is 1. The lowest BCUT2D eigenvalue weighted by molar-refractivity contribution is -0.135. The van der Waals surface area contributed by atoms with Gasteiger partial charge >= 0.3 is 0 Å². The molecule has 0 N–H and O–H groups in total. The number of carbonyl (C=O) groups excluding carboxylic acids is 1. The normalized spacial score (nSPS) is 18.3. The van der Waals surface area contributed by atoms with Gasteiger partial charge in [0.2, 0.25) is 12.3 Å². The second-order valence-electron chi connectivity index (χ2n) is 5.96. The summed E-state index contributed by atoms with van der Waals surface area (Å²) < 4.78 is 12.3. The van der Waals surface area contributed by atoms with Gasteiger partial charge in [0.1, 0.15) is 6.04 Å². The SMILES string of the molecule is Cn1cc(C=CC(=O)N2CCOCC2c2ncon2)c2ccccc21. The smallest absolute Gasteiger partial charge is 0.247 e. The fraction of sp³-hybridized carbons (Fsp3) is 0.278. The Morgan fingerprint density at radius 2 is 2.24 bits per heavy atom. The second-order valence-corrected chi connectivity index (χ2v) is 5.96. The molecule has 7 nitrogen and oxygen atoms in total. The molecular formula is C18H18N4O3. The lowest BCUT2D eigenvalue weighted by atomic mass is 10.1. The summed E-state index contributed by atoms with van der Waals surface area (Å²) in [5.74, 6) is 0.373.